The average Bonchev–Trinajstić information content (AvgIpc) is 2.39. The molecule has 0 aliphatic heterocycles. The van der Waals surface area contributed by atoms with E-state index in [0.717, 1.165) is 5.56 Å². The lowest BCUT2D eigenvalue weighted by atomic mass is 10.2. The van der Waals surface area contributed by atoms with Gasteiger partial charge in [-0.25, -0.2) is 9.18 Å². The van der Waals surface area contributed by atoms with Crippen molar-refractivity contribution in [3.8, 4) is 0 Å². The minimum absolute atomic E-state index is 0.302. The Morgan fingerprint density at radius 3 is 2.63 bits per heavy atom. The number of rotatable bonds is 3. The summed E-state index contributed by atoms with van der Waals surface area (Å²) in [5.41, 5.74) is 1.84. The van der Waals surface area contributed by atoms with E-state index in [1.807, 2.05) is 12.1 Å². The molecule has 0 radical (unpaired) electrons. The Bertz CT molecular complexity index is 589. The SMILES string of the molecule is O=C(Nc1cccc(F)c1)Nc1ccccc1CCl. The molecule has 98 valence electrons. The largest absolute Gasteiger partial charge is 0.323 e. The molecule has 0 unspecified atom stereocenters. The molecule has 0 atom stereocenters. The Morgan fingerprint density at radius 2 is 1.89 bits per heavy atom. The maximum absolute atomic E-state index is 13.0. The first-order valence-corrected chi connectivity index (χ1v) is 6.20. The summed E-state index contributed by atoms with van der Waals surface area (Å²) >= 11 is 5.78. The molecule has 5 heteroatoms. The summed E-state index contributed by atoms with van der Waals surface area (Å²) in [6.45, 7) is 0. The second kappa shape index (κ2) is 6.20. The van der Waals surface area contributed by atoms with E-state index in [4.69, 9.17) is 11.6 Å². The van der Waals surface area contributed by atoms with Crippen LogP contribution in [0.3, 0.4) is 0 Å². The molecule has 0 aliphatic carbocycles. The maximum Gasteiger partial charge on any atom is 0.323 e. The molecule has 0 bridgehead atoms. The van der Waals surface area contributed by atoms with E-state index in [9.17, 15) is 9.18 Å². The van der Waals surface area contributed by atoms with Crippen LogP contribution in [0.4, 0.5) is 20.6 Å². The van der Waals surface area contributed by atoms with Crippen molar-refractivity contribution in [1.29, 1.82) is 0 Å². The number of urea groups is 1. The fraction of sp³-hybridized carbons (Fsp3) is 0.0714. The standard InChI is InChI=1S/C14H12ClFN2O/c15-9-10-4-1-2-7-13(10)18-14(19)17-12-6-3-5-11(16)8-12/h1-8H,9H2,(H2,17,18,19). The zero-order valence-electron chi connectivity index (χ0n) is 9.99. The molecule has 19 heavy (non-hydrogen) atoms. The number of carbonyl (C=O) groups is 1. The van der Waals surface area contributed by atoms with Gasteiger partial charge < -0.3 is 10.6 Å². The maximum atomic E-state index is 13.0. The highest BCUT2D eigenvalue weighted by Crippen LogP contribution is 2.17. The molecule has 0 saturated heterocycles. The highest BCUT2D eigenvalue weighted by molar-refractivity contribution is 6.17. The Morgan fingerprint density at radius 1 is 1.11 bits per heavy atom. The summed E-state index contributed by atoms with van der Waals surface area (Å²) in [4.78, 5) is 11.8. The minimum atomic E-state index is -0.442. The van der Waals surface area contributed by atoms with Gasteiger partial charge in [0, 0.05) is 17.3 Å². The summed E-state index contributed by atoms with van der Waals surface area (Å²) in [7, 11) is 0. The number of hydrogen-bond donors (Lipinski definition) is 2. The fourth-order valence-electron chi connectivity index (χ4n) is 1.61. The van der Waals surface area contributed by atoms with Crippen LogP contribution in [-0.2, 0) is 5.88 Å². The number of hydrogen-bond acceptors (Lipinski definition) is 1. The zero-order valence-corrected chi connectivity index (χ0v) is 10.7. The van der Waals surface area contributed by atoms with Crippen LogP contribution in [0.5, 0.6) is 0 Å². The Balaban J connectivity index is 2.05. The number of carbonyl (C=O) groups excluding carboxylic acids is 1. The topological polar surface area (TPSA) is 41.1 Å². The van der Waals surface area contributed by atoms with Gasteiger partial charge in [-0.15, -0.1) is 11.6 Å². The monoisotopic (exact) mass is 278 g/mol. The van der Waals surface area contributed by atoms with Crippen LogP contribution in [0.2, 0.25) is 0 Å². The molecule has 0 fully saturated rings. The lowest BCUT2D eigenvalue weighted by Gasteiger charge is -2.10. The number of alkyl halides is 1. The van der Waals surface area contributed by atoms with E-state index >= 15 is 0 Å². The van der Waals surface area contributed by atoms with Gasteiger partial charge in [0.05, 0.1) is 0 Å². The Labute approximate surface area is 115 Å². The van der Waals surface area contributed by atoms with E-state index in [2.05, 4.69) is 10.6 Å². The van der Waals surface area contributed by atoms with Gasteiger partial charge in [-0.05, 0) is 29.8 Å². The van der Waals surface area contributed by atoms with Gasteiger partial charge >= 0.3 is 6.03 Å². The molecule has 0 aliphatic rings. The predicted octanol–water partition coefficient (Wildman–Crippen LogP) is 4.21. The van der Waals surface area contributed by atoms with Gasteiger partial charge in [-0.1, -0.05) is 24.3 Å². The van der Waals surface area contributed by atoms with Crippen molar-refractivity contribution >= 4 is 29.0 Å². The van der Waals surface area contributed by atoms with E-state index in [1.54, 1.807) is 18.2 Å². The highest BCUT2D eigenvalue weighted by Gasteiger charge is 2.06. The van der Waals surface area contributed by atoms with Crippen LogP contribution in [0, 0.1) is 5.82 Å². The summed E-state index contributed by atoms with van der Waals surface area (Å²) in [5, 5.41) is 5.22. The van der Waals surface area contributed by atoms with Crippen LogP contribution in [0.25, 0.3) is 0 Å². The summed E-state index contributed by atoms with van der Waals surface area (Å²) in [6, 6.07) is 12.5. The minimum Gasteiger partial charge on any atom is -0.308 e. The van der Waals surface area contributed by atoms with Crippen LogP contribution in [0.1, 0.15) is 5.56 Å². The van der Waals surface area contributed by atoms with E-state index in [0.29, 0.717) is 17.3 Å². The van der Waals surface area contributed by atoms with Crippen LogP contribution >= 0.6 is 11.6 Å². The van der Waals surface area contributed by atoms with Crippen molar-refractivity contribution < 1.29 is 9.18 Å². The lowest BCUT2D eigenvalue weighted by Crippen LogP contribution is -2.20. The first kappa shape index (κ1) is 13.4. The first-order chi connectivity index (χ1) is 9.19. The smallest absolute Gasteiger partial charge is 0.308 e. The molecule has 2 N–H and O–H groups in total. The van der Waals surface area contributed by atoms with Crippen molar-refractivity contribution in [2.45, 2.75) is 5.88 Å². The van der Waals surface area contributed by atoms with Crippen molar-refractivity contribution in [2.75, 3.05) is 10.6 Å². The molecule has 0 spiro atoms. The van der Waals surface area contributed by atoms with Crippen LogP contribution in [0.15, 0.2) is 48.5 Å². The van der Waals surface area contributed by atoms with Gasteiger partial charge in [0.2, 0.25) is 0 Å². The second-order valence-electron chi connectivity index (χ2n) is 3.88. The molecule has 2 rings (SSSR count). The normalized spacial score (nSPS) is 10.0. The molecular weight excluding hydrogens is 267 g/mol. The van der Waals surface area contributed by atoms with Crippen molar-refractivity contribution in [3.05, 3.63) is 59.9 Å². The van der Waals surface area contributed by atoms with Crippen LogP contribution in [-0.4, -0.2) is 6.03 Å². The Kier molecular flexibility index (Phi) is 4.36. The third-order valence-electron chi connectivity index (χ3n) is 2.49. The second-order valence-corrected chi connectivity index (χ2v) is 4.15. The van der Waals surface area contributed by atoms with Crippen molar-refractivity contribution in [3.63, 3.8) is 0 Å². The van der Waals surface area contributed by atoms with Gasteiger partial charge in [-0.2, -0.15) is 0 Å². The number of amides is 2. The zero-order chi connectivity index (χ0) is 13.7. The third-order valence-corrected chi connectivity index (χ3v) is 2.78. The lowest BCUT2D eigenvalue weighted by molar-refractivity contribution is 0.262. The number of anilines is 2. The van der Waals surface area contributed by atoms with E-state index < -0.39 is 11.8 Å². The number of benzene rings is 2. The molecule has 3 nitrogen and oxygen atoms in total. The summed E-state index contributed by atoms with van der Waals surface area (Å²) in [6.07, 6.45) is 0. The number of halogens is 2. The van der Waals surface area contributed by atoms with Gasteiger partial charge in [0.15, 0.2) is 0 Å². The van der Waals surface area contributed by atoms with Gasteiger partial charge in [0.1, 0.15) is 5.82 Å². The number of nitrogens with one attached hydrogen (secondary N) is 2. The Hall–Kier alpha value is -2.07. The molecule has 0 aromatic heterocycles. The first-order valence-electron chi connectivity index (χ1n) is 5.66. The summed E-state index contributed by atoms with van der Waals surface area (Å²) in [5.74, 6) is -0.102. The predicted molar refractivity (Wildman–Crippen MR) is 75.0 cm³/mol. The molecular formula is C14H12ClFN2O. The molecule has 0 heterocycles. The molecule has 2 amide bonds. The van der Waals surface area contributed by atoms with Crippen molar-refractivity contribution in [2.24, 2.45) is 0 Å². The van der Waals surface area contributed by atoms with Crippen LogP contribution < -0.4 is 10.6 Å². The molecule has 2 aromatic rings. The molecule has 2 aromatic carbocycles. The van der Waals surface area contributed by atoms with E-state index in [-0.39, 0.29) is 0 Å². The highest BCUT2D eigenvalue weighted by atomic mass is 35.5. The fourth-order valence-corrected chi connectivity index (χ4v) is 1.84. The molecule has 0 saturated carbocycles. The third kappa shape index (κ3) is 3.69. The average molecular weight is 279 g/mol. The van der Waals surface area contributed by atoms with Gasteiger partial charge in [0.25, 0.3) is 0 Å². The quantitative estimate of drug-likeness (QED) is 0.812. The van der Waals surface area contributed by atoms with Crippen molar-refractivity contribution in [1.82, 2.24) is 0 Å². The van der Waals surface area contributed by atoms with E-state index in [1.165, 1.54) is 18.2 Å². The number of para-hydroxylation sites is 1. The summed E-state index contributed by atoms with van der Waals surface area (Å²) < 4.78 is 13.0. The van der Waals surface area contributed by atoms with Gasteiger partial charge in [-0.3, -0.25) is 0 Å².